The van der Waals surface area contributed by atoms with Gasteiger partial charge in [-0.2, -0.15) is 5.10 Å². The number of anilines is 1. The summed E-state index contributed by atoms with van der Waals surface area (Å²) in [5.74, 6) is 0.864. The van der Waals surface area contributed by atoms with Crippen LogP contribution in [0.15, 0.2) is 36.0 Å². The zero-order valence-corrected chi connectivity index (χ0v) is 8.62. The van der Waals surface area contributed by atoms with Crippen molar-refractivity contribution in [2.24, 2.45) is 5.73 Å². The third-order valence-corrected chi connectivity index (χ3v) is 2.16. The Labute approximate surface area is 88.2 Å². The summed E-state index contributed by atoms with van der Waals surface area (Å²) in [6.07, 6.45) is 1.92. The summed E-state index contributed by atoms with van der Waals surface area (Å²) in [7, 11) is 0. The Bertz CT molecular complexity index is 480. The Balaban J connectivity index is 2.18. The normalized spacial score (nSPS) is 11.9. The van der Waals surface area contributed by atoms with Gasteiger partial charge in [-0.3, -0.25) is 5.10 Å². The first-order chi connectivity index (χ1) is 7.27. The lowest BCUT2D eigenvalue weighted by Gasteiger charge is -1.99. The first-order valence-corrected chi connectivity index (χ1v) is 4.86. The third kappa shape index (κ3) is 2.10. The van der Waals surface area contributed by atoms with Crippen molar-refractivity contribution in [2.45, 2.75) is 6.92 Å². The molecule has 0 atom stereocenters. The van der Waals surface area contributed by atoms with E-state index in [2.05, 4.69) is 15.5 Å². The van der Waals surface area contributed by atoms with Crippen LogP contribution in [0.1, 0.15) is 6.92 Å². The van der Waals surface area contributed by atoms with E-state index < -0.39 is 0 Å². The lowest BCUT2D eigenvalue weighted by molar-refractivity contribution is 1.10. The number of nitrogens with two attached hydrogens (primary N) is 1. The molecule has 0 unspecified atom stereocenters. The Morgan fingerprint density at radius 3 is 3.13 bits per heavy atom. The second-order valence-electron chi connectivity index (χ2n) is 3.45. The van der Waals surface area contributed by atoms with Crippen molar-refractivity contribution in [2.75, 3.05) is 11.9 Å². The molecule has 0 bridgehead atoms. The number of benzene rings is 1. The van der Waals surface area contributed by atoms with Crippen molar-refractivity contribution in [3.8, 4) is 0 Å². The quantitative estimate of drug-likeness (QED) is 0.711. The highest BCUT2D eigenvalue weighted by Crippen LogP contribution is 2.18. The van der Waals surface area contributed by atoms with Gasteiger partial charge in [0.05, 0.1) is 5.52 Å². The molecule has 4 nitrogen and oxygen atoms in total. The largest absolute Gasteiger partial charge is 0.402 e. The number of nitrogens with zero attached hydrogens (tertiary/aromatic N) is 1. The van der Waals surface area contributed by atoms with Gasteiger partial charge in [0.25, 0.3) is 0 Å². The van der Waals surface area contributed by atoms with Crippen molar-refractivity contribution in [1.29, 1.82) is 0 Å². The summed E-state index contributed by atoms with van der Waals surface area (Å²) < 4.78 is 0. The van der Waals surface area contributed by atoms with Crippen molar-refractivity contribution >= 4 is 16.7 Å². The predicted molar refractivity (Wildman–Crippen MR) is 62.5 cm³/mol. The first-order valence-electron chi connectivity index (χ1n) is 4.86. The molecule has 0 radical (unpaired) electrons. The molecule has 0 aliphatic heterocycles. The fourth-order valence-electron chi connectivity index (χ4n) is 1.41. The molecular weight excluding hydrogens is 188 g/mol. The molecule has 0 saturated heterocycles. The molecule has 0 spiro atoms. The zero-order valence-electron chi connectivity index (χ0n) is 8.62. The number of allylic oxidation sites excluding steroid dienone is 1. The van der Waals surface area contributed by atoms with E-state index in [4.69, 9.17) is 5.73 Å². The highest BCUT2D eigenvalue weighted by molar-refractivity contribution is 5.89. The van der Waals surface area contributed by atoms with Crippen LogP contribution in [0.2, 0.25) is 0 Å². The van der Waals surface area contributed by atoms with Crippen LogP contribution in [0.5, 0.6) is 0 Å². The molecule has 2 rings (SSSR count). The highest BCUT2D eigenvalue weighted by atomic mass is 15.2. The molecule has 0 aliphatic rings. The summed E-state index contributed by atoms with van der Waals surface area (Å²) >= 11 is 0. The minimum atomic E-state index is 0.692. The van der Waals surface area contributed by atoms with Crippen LogP contribution < -0.4 is 11.1 Å². The van der Waals surface area contributed by atoms with Crippen LogP contribution in [0.25, 0.3) is 10.9 Å². The summed E-state index contributed by atoms with van der Waals surface area (Å²) in [5, 5.41) is 11.4. The van der Waals surface area contributed by atoms with Gasteiger partial charge in [0, 0.05) is 17.6 Å². The van der Waals surface area contributed by atoms with Crippen LogP contribution in [-0.2, 0) is 0 Å². The first kappa shape index (κ1) is 9.58. The third-order valence-electron chi connectivity index (χ3n) is 2.16. The maximum atomic E-state index is 5.54. The summed E-state index contributed by atoms with van der Waals surface area (Å²) in [4.78, 5) is 0. The molecule has 0 amide bonds. The fraction of sp³-hybridized carbons (Fsp3) is 0.182. The van der Waals surface area contributed by atoms with E-state index in [-0.39, 0.29) is 0 Å². The summed E-state index contributed by atoms with van der Waals surface area (Å²) in [5.41, 5.74) is 7.38. The number of rotatable bonds is 3. The van der Waals surface area contributed by atoms with Crippen LogP contribution in [-0.4, -0.2) is 16.7 Å². The van der Waals surface area contributed by atoms with E-state index >= 15 is 0 Å². The average Bonchev–Trinajstić information content (AvgIpc) is 2.62. The van der Waals surface area contributed by atoms with E-state index in [0.29, 0.717) is 6.54 Å². The van der Waals surface area contributed by atoms with Gasteiger partial charge < -0.3 is 11.1 Å². The van der Waals surface area contributed by atoms with Gasteiger partial charge in [-0.1, -0.05) is 12.1 Å². The van der Waals surface area contributed by atoms with Crippen molar-refractivity contribution < 1.29 is 0 Å². The van der Waals surface area contributed by atoms with Crippen molar-refractivity contribution in [3.05, 3.63) is 36.0 Å². The molecule has 1 aromatic carbocycles. The number of para-hydroxylation sites is 1. The maximum absolute atomic E-state index is 5.54. The molecule has 1 aromatic heterocycles. The molecule has 1 heterocycles. The minimum absolute atomic E-state index is 0.692. The number of H-pyrrole nitrogens is 1. The minimum Gasteiger partial charge on any atom is -0.402 e. The van der Waals surface area contributed by atoms with Gasteiger partial charge >= 0.3 is 0 Å². The van der Waals surface area contributed by atoms with E-state index in [1.54, 1.807) is 0 Å². The summed E-state index contributed by atoms with van der Waals surface area (Å²) in [6.45, 7) is 2.56. The molecular formula is C11H14N4. The second kappa shape index (κ2) is 4.04. The molecule has 0 saturated carbocycles. The van der Waals surface area contributed by atoms with Gasteiger partial charge in [0.15, 0.2) is 5.82 Å². The van der Waals surface area contributed by atoms with Crippen LogP contribution >= 0.6 is 0 Å². The fourth-order valence-corrected chi connectivity index (χ4v) is 1.41. The summed E-state index contributed by atoms with van der Waals surface area (Å²) in [6, 6.07) is 8.00. The number of hydrogen-bond donors (Lipinski definition) is 3. The molecule has 0 fully saturated rings. The van der Waals surface area contributed by atoms with Crippen LogP contribution in [0.3, 0.4) is 0 Å². The van der Waals surface area contributed by atoms with E-state index in [1.165, 1.54) is 0 Å². The van der Waals surface area contributed by atoms with E-state index in [1.807, 2.05) is 37.3 Å². The molecule has 15 heavy (non-hydrogen) atoms. The van der Waals surface area contributed by atoms with Gasteiger partial charge in [-0.25, -0.2) is 0 Å². The van der Waals surface area contributed by atoms with Crippen LogP contribution in [0.4, 0.5) is 5.82 Å². The molecule has 4 N–H and O–H groups in total. The van der Waals surface area contributed by atoms with Crippen LogP contribution in [0, 0.1) is 0 Å². The Kier molecular flexibility index (Phi) is 2.58. The number of nitrogens with one attached hydrogen (secondary N) is 2. The number of fused-ring (bicyclic) bond motifs is 1. The molecule has 4 heteroatoms. The Morgan fingerprint density at radius 2 is 2.33 bits per heavy atom. The average molecular weight is 202 g/mol. The van der Waals surface area contributed by atoms with Gasteiger partial charge in [0.1, 0.15) is 0 Å². The zero-order chi connectivity index (χ0) is 10.7. The monoisotopic (exact) mass is 202 g/mol. The molecule has 78 valence electrons. The Hall–Kier alpha value is -1.97. The second-order valence-corrected chi connectivity index (χ2v) is 3.45. The maximum Gasteiger partial charge on any atom is 0.155 e. The van der Waals surface area contributed by atoms with Gasteiger partial charge in [-0.15, -0.1) is 0 Å². The Morgan fingerprint density at radius 1 is 1.53 bits per heavy atom. The van der Waals surface area contributed by atoms with Crippen molar-refractivity contribution in [1.82, 2.24) is 10.2 Å². The topological polar surface area (TPSA) is 66.7 Å². The number of aromatic amines is 1. The van der Waals surface area contributed by atoms with Crippen molar-refractivity contribution in [3.63, 3.8) is 0 Å². The molecule has 0 aliphatic carbocycles. The number of aromatic nitrogens is 2. The highest BCUT2D eigenvalue weighted by Gasteiger charge is 2.01. The van der Waals surface area contributed by atoms with E-state index in [0.717, 1.165) is 22.4 Å². The molecule has 2 aromatic rings. The lowest BCUT2D eigenvalue weighted by Crippen LogP contribution is -2.02. The smallest absolute Gasteiger partial charge is 0.155 e. The standard InChI is InChI=1S/C11H14N4/c1-8(12)6-7-13-11-9-4-2-3-5-10(9)14-15-11/h2-6H,7,12H2,1H3,(H2,13,14,15)/b8-6-. The van der Waals surface area contributed by atoms with E-state index in [9.17, 15) is 0 Å². The predicted octanol–water partition coefficient (Wildman–Crippen LogP) is 1.84. The van der Waals surface area contributed by atoms with Gasteiger partial charge in [-0.05, 0) is 25.1 Å². The lowest BCUT2D eigenvalue weighted by atomic mass is 10.2. The number of hydrogen-bond acceptors (Lipinski definition) is 3. The SMILES string of the molecule is C/C(N)=C/CNc1n[nH]c2ccccc12. The van der Waals surface area contributed by atoms with Gasteiger partial charge in [0.2, 0.25) is 0 Å².